The van der Waals surface area contributed by atoms with Gasteiger partial charge < -0.3 is 20.4 Å². The lowest BCUT2D eigenvalue weighted by Gasteiger charge is -2.26. The topological polar surface area (TPSA) is 84.2 Å². The first-order valence-electron chi connectivity index (χ1n) is 7.38. The predicted molar refractivity (Wildman–Crippen MR) is 86.6 cm³/mol. The van der Waals surface area contributed by atoms with E-state index in [1.807, 2.05) is 45.0 Å². The predicted octanol–water partition coefficient (Wildman–Crippen LogP) is 2.30. The molecule has 0 fully saturated rings. The first kappa shape index (κ1) is 16.3. The number of nitrogens with two attached hydrogens (primary N) is 1. The van der Waals surface area contributed by atoms with Crippen LogP contribution in [-0.4, -0.2) is 46.2 Å². The summed E-state index contributed by atoms with van der Waals surface area (Å²) in [5.41, 5.74) is 7.53. The number of amides is 1. The molecule has 3 N–H and O–H groups in total. The number of H-pyrrole nitrogens is 1. The monoisotopic (exact) mass is 304 g/mol. The van der Waals surface area contributed by atoms with Gasteiger partial charge in [0.15, 0.2) is 0 Å². The number of para-hydroxylation sites is 2. The average molecular weight is 304 g/mol. The molecule has 22 heavy (non-hydrogen) atoms. The number of likely N-dealkylation sites (N-methyl/N-ethyl adjacent to an activating group) is 1. The van der Waals surface area contributed by atoms with E-state index in [-0.39, 0.29) is 12.1 Å². The minimum atomic E-state index is -0.506. The summed E-state index contributed by atoms with van der Waals surface area (Å²) in [6.07, 6.45) is 0.203. The van der Waals surface area contributed by atoms with Crippen molar-refractivity contribution in [1.29, 1.82) is 0 Å². The lowest BCUT2D eigenvalue weighted by molar-refractivity contribution is 0.0289. The molecule has 0 radical (unpaired) electrons. The van der Waals surface area contributed by atoms with Gasteiger partial charge in [-0.2, -0.15) is 0 Å². The van der Waals surface area contributed by atoms with Crippen LogP contribution >= 0.6 is 0 Å². The number of carbonyl (C=O) groups excluding carboxylic acids is 1. The van der Waals surface area contributed by atoms with Crippen LogP contribution in [0, 0.1) is 0 Å². The molecule has 1 heterocycles. The van der Waals surface area contributed by atoms with Crippen LogP contribution < -0.4 is 5.73 Å². The second-order valence-electron chi connectivity index (χ2n) is 6.53. The highest BCUT2D eigenvalue weighted by molar-refractivity contribution is 5.74. The van der Waals surface area contributed by atoms with Crippen LogP contribution in [0.25, 0.3) is 11.0 Å². The van der Waals surface area contributed by atoms with Crippen molar-refractivity contribution in [1.82, 2.24) is 14.9 Å². The van der Waals surface area contributed by atoms with Crippen LogP contribution in [0.5, 0.6) is 0 Å². The molecular weight excluding hydrogens is 280 g/mol. The fourth-order valence-electron chi connectivity index (χ4n) is 2.18. The molecule has 1 unspecified atom stereocenters. The van der Waals surface area contributed by atoms with Gasteiger partial charge in [-0.25, -0.2) is 9.78 Å². The number of hydrogen-bond donors (Lipinski definition) is 2. The number of benzene rings is 1. The standard InChI is InChI=1S/C16H24N4O2/c1-16(2,3)22-15(21)20(4)10-11(17)9-14-18-12-7-5-6-8-13(12)19-14/h5-8,11H,9-10,17H2,1-4H3,(H,18,19). The first-order valence-corrected chi connectivity index (χ1v) is 7.38. The van der Waals surface area contributed by atoms with Crippen LogP contribution in [0.4, 0.5) is 4.79 Å². The van der Waals surface area contributed by atoms with Gasteiger partial charge in [0.1, 0.15) is 11.4 Å². The number of rotatable bonds is 4. The van der Waals surface area contributed by atoms with Crippen LogP contribution in [0.2, 0.25) is 0 Å². The van der Waals surface area contributed by atoms with Gasteiger partial charge in [-0.05, 0) is 32.9 Å². The number of carbonyl (C=O) groups is 1. The first-order chi connectivity index (χ1) is 10.2. The Bertz CT molecular complexity index is 612. The molecule has 1 aromatic heterocycles. The van der Waals surface area contributed by atoms with E-state index in [0.29, 0.717) is 13.0 Å². The van der Waals surface area contributed by atoms with Gasteiger partial charge in [0.25, 0.3) is 0 Å². The van der Waals surface area contributed by atoms with Gasteiger partial charge >= 0.3 is 6.09 Å². The summed E-state index contributed by atoms with van der Waals surface area (Å²) in [5.74, 6) is 0.825. The highest BCUT2D eigenvalue weighted by atomic mass is 16.6. The SMILES string of the molecule is CN(CC(N)Cc1nc2ccccc2[nH]1)C(=O)OC(C)(C)C. The highest BCUT2D eigenvalue weighted by Gasteiger charge is 2.21. The van der Waals surface area contributed by atoms with E-state index in [9.17, 15) is 4.79 Å². The molecule has 0 saturated carbocycles. The average Bonchev–Trinajstić information content (AvgIpc) is 2.78. The Kier molecular flexibility index (Phi) is 4.71. The molecule has 6 nitrogen and oxygen atoms in total. The second-order valence-corrected chi connectivity index (χ2v) is 6.53. The maximum Gasteiger partial charge on any atom is 0.410 e. The molecule has 0 spiro atoms. The third-order valence-electron chi connectivity index (χ3n) is 3.11. The van der Waals surface area contributed by atoms with Crippen molar-refractivity contribution in [2.75, 3.05) is 13.6 Å². The van der Waals surface area contributed by atoms with Crippen molar-refractivity contribution >= 4 is 17.1 Å². The Balaban J connectivity index is 1.92. The number of fused-ring (bicyclic) bond motifs is 1. The summed E-state index contributed by atoms with van der Waals surface area (Å²) in [5, 5.41) is 0. The summed E-state index contributed by atoms with van der Waals surface area (Å²) in [6.45, 7) is 5.93. The molecule has 0 aliphatic rings. The Labute approximate surface area is 130 Å². The molecule has 1 aromatic carbocycles. The van der Waals surface area contributed by atoms with Gasteiger partial charge in [0.2, 0.25) is 0 Å². The van der Waals surface area contributed by atoms with Crippen molar-refractivity contribution in [2.24, 2.45) is 5.73 Å². The van der Waals surface area contributed by atoms with Crippen LogP contribution in [0.15, 0.2) is 24.3 Å². The number of aromatic amines is 1. The fourth-order valence-corrected chi connectivity index (χ4v) is 2.18. The number of nitrogens with one attached hydrogen (secondary N) is 1. The summed E-state index contributed by atoms with van der Waals surface area (Å²) in [6, 6.07) is 7.62. The van der Waals surface area contributed by atoms with Crippen LogP contribution in [0.3, 0.4) is 0 Å². The zero-order valence-electron chi connectivity index (χ0n) is 13.6. The number of imidazole rings is 1. The number of ether oxygens (including phenoxy) is 1. The van der Waals surface area contributed by atoms with Gasteiger partial charge in [-0.1, -0.05) is 12.1 Å². The molecule has 0 bridgehead atoms. The Morgan fingerprint density at radius 2 is 2.09 bits per heavy atom. The van der Waals surface area contributed by atoms with E-state index in [4.69, 9.17) is 10.5 Å². The van der Waals surface area contributed by atoms with Gasteiger partial charge in [-0.3, -0.25) is 0 Å². The molecular formula is C16H24N4O2. The molecule has 0 aliphatic carbocycles. The Morgan fingerprint density at radius 3 is 2.73 bits per heavy atom. The highest BCUT2D eigenvalue weighted by Crippen LogP contribution is 2.12. The van der Waals surface area contributed by atoms with Crippen molar-refractivity contribution in [3.05, 3.63) is 30.1 Å². The molecule has 2 rings (SSSR count). The van der Waals surface area contributed by atoms with E-state index < -0.39 is 5.60 Å². The van der Waals surface area contributed by atoms with Gasteiger partial charge in [-0.15, -0.1) is 0 Å². The van der Waals surface area contributed by atoms with Crippen molar-refractivity contribution < 1.29 is 9.53 Å². The minimum Gasteiger partial charge on any atom is -0.444 e. The van der Waals surface area contributed by atoms with Crippen LogP contribution in [0.1, 0.15) is 26.6 Å². The summed E-state index contributed by atoms with van der Waals surface area (Å²) in [4.78, 5) is 21.1. The van der Waals surface area contributed by atoms with Crippen molar-refractivity contribution in [3.63, 3.8) is 0 Å². The maximum atomic E-state index is 11.9. The zero-order chi connectivity index (χ0) is 16.3. The summed E-state index contributed by atoms with van der Waals surface area (Å²) >= 11 is 0. The number of aromatic nitrogens is 2. The third kappa shape index (κ3) is 4.46. The quantitative estimate of drug-likeness (QED) is 0.907. The summed E-state index contributed by atoms with van der Waals surface area (Å²) < 4.78 is 5.31. The Hall–Kier alpha value is -2.08. The van der Waals surface area contributed by atoms with E-state index in [0.717, 1.165) is 16.9 Å². The van der Waals surface area contributed by atoms with Crippen LogP contribution in [-0.2, 0) is 11.2 Å². The van der Waals surface area contributed by atoms with Gasteiger partial charge in [0.05, 0.1) is 11.0 Å². The van der Waals surface area contributed by atoms with Crippen molar-refractivity contribution in [3.8, 4) is 0 Å². The molecule has 1 amide bonds. The minimum absolute atomic E-state index is 0.210. The number of nitrogens with zero attached hydrogens (tertiary/aromatic N) is 2. The molecule has 0 aliphatic heterocycles. The molecule has 6 heteroatoms. The lowest BCUT2D eigenvalue weighted by Crippen LogP contribution is -2.42. The van der Waals surface area contributed by atoms with E-state index in [1.165, 1.54) is 4.90 Å². The molecule has 0 saturated heterocycles. The Morgan fingerprint density at radius 1 is 1.41 bits per heavy atom. The van der Waals surface area contributed by atoms with E-state index >= 15 is 0 Å². The summed E-state index contributed by atoms with van der Waals surface area (Å²) in [7, 11) is 1.69. The normalized spacial score (nSPS) is 13.1. The lowest BCUT2D eigenvalue weighted by atomic mass is 10.2. The fraction of sp³-hybridized carbons (Fsp3) is 0.500. The zero-order valence-corrected chi connectivity index (χ0v) is 13.6. The smallest absolute Gasteiger partial charge is 0.410 e. The third-order valence-corrected chi connectivity index (χ3v) is 3.11. The second kappa shape index (κ2) is 6.36. The molecule has 2 aromatic rings. The van der Waals surface area contributed by atoms with Crippen molar-refractivity contribution in [2.45, 2.75) is 38.8 Å². The van der Waals surface area contributed by atoms with E-state index in [2.05, 4.69) is 9.97 Å². The van der Waals surface area contributed by atoms with E-state index in [1.54, 1.807) is 7.05 Å². The largest absolute Gasteiger partial charge is 0.444 e. The van der Waals surface area contributed by atoms with Gasteiger partial charge in [0, 0.05) is 26.1 Å². The molecule has 1 atom stereocenters. The maximum absolute atomic E-state index is 11.9. The number of hydrogen-bond acceptors (Lipinski definition) is 4. The molecule has 120 valence electrons.